The Kier molecular flexibility index (Phi) is 3.59. The summed E-state index contributed by atoms with van der Waals surface area (Å²) in [7, 11) is 0. The highest BCUT2D eigenvalue weighted by molar-refractivity contribution is 5.29. The highest BCUT2D eigenvalue weighted by atomic mass is 16.5. The van der Waals surface area contributed by atoms with Gasteiger partial charge in [-0.25, -0.2) is 5.43 Å². The number of rotatable bonds is 3. The molecule has 0 bridgehead atoms. The van der Waals surface area contributed by atoms with Crippen LogP contribution in [0.2, 0.25) is 0 Å². The van der Waals surface area contributed by atoms with Gasteiger partial charge in [0.05, 0.1) is 6.61 Å². The molecule has 0 aliphatic carbocycles. The molecule has 0 saturated carbocycles. The van der Waals surface area contributed by atoms with Gasteiger partial charge in [-0.05, 0) is 31.4 Å². The molecule has 1 aromatic rings. The zero-order valence-electron chi connectivity index (χ0n) is 9.57. The van der Waals surface area contributed by atoms with Gasteiger partial charge >= 0.3 is 0 Å². The number of hydrogen-bond acceptors (Lipinski definition) is 3. The topological polar surface area (TPSA) is 47.3 Å². The lowest BCUT2D eigenvalue weighted by Gasteiger charge is -2.23. The summed E-state index contributed by atoms with van der Waals surface area (Å²) in [6.07, 6.45) is 4.28. The molecule has 1 aromatic carbocycles. The minimum atomic E-state index is -0.0276. The second-order valence-electron chi connectivity index (χ2n) is 4.11. The Morgan fingerprint density at radius 1 is 1.44 bits per heavy atom. The van der Waals surface area contributed by atoms with Crippen LogP contribution in [0.1, 0.15) is 30.0 Å². The molecule has 1 atom stereocenters. The van der Waals surface area contributed by atoms with Crippen LogP contribution in [0.15, 0.2) is 36.1 Å². The molecule has 86 valence electrons. The van der Waals surface area contributed by atoms with Gasteiger partial charge in [0, 0.05) is 0 Å². The summed E-state index contributed by atoms with van der Waals surface area (Å²) < 4.78 is 5.64. The standard InChI is InChI=1S/C13H18N2O/c1-10-5-4-6-11(9-10)13(15-14)12-7-2-3-8-16-12/h4-7,9,13,15H,2-3,8,14H2,1H3. The second-order valence-corrected chi connectivity index (χ2v) is 4.11. The second kappa shape index (κ2) is 5.14. The minimum absolute atomic E-state index is 0.0276. The normalized spacial score (nSPS) is 17.5. The predicted octanol–water partition coefficient (Wildman–Crippen LogP) is 2.19. The molecule has 0 saturated heterocycles. The fraction of sp³-hybridized carbons (Fsp3) is 0.385. The average molecular weight is 218 g/mol. The Labute approximate surface area is 96.3 Å². The van der Waals surface area contributed by atoms with Crippen molar-refractivity contribution in [2.24, 2.45) is 5.84 Å². The number of benzene rings is 1. The first-order valence-corrected chi connectivity index (χ1v) is 5.67. The van der Waals surface area contributed by atoms with Crippen molar-refractivity contribution in [2.45, 2.75) is 25.8 Å². The Morgan fingerprint density at radius 3 is 2.94 bits per heavy atom. The van der Waals surface area contributed by atoms with Gasteiger partial charge in [-0.15, -0.1) is 0 Å². The van der Waals surface area contributed by atoms with Crippen LogP contribution < -0.4 is 11.3 Å². The predicted molar refractivity (Wildman–Crippen MR) is 64.5 cm³/mol. The Bertz CT molecular complexity index is 387. The summed E-state index contributed by atoms with van der Waals surface area (Å²) in [5.41, 5.74) is 5.20. The Hall–Kier alpha value is -1.32. The van der Waals surface area contributed by atoms with Gasteiger partial charge < -0.3 is 4.74 Å². The molecule has 1 unspecified atom stereocenters. The van der Waals surface area contributed by atoms with Crippen molar-refractivity contribution in [3.8, 4) is 0 Å². The molecular weight excluding hydrogens is 200 g/mol. The van der Waals surface area contributed by atoms with E-state index in [2.05, 4.69) is 36.6 Å². The molecule has 3 heteroatoms. The molecule has 3 nitrogen and oxygen atoms in total. The van der Waals surface area contributed by atoms with Gasteiger partial charge in [0.1, 0.15) is 11.8 Å². The highest BCUT2D eigenvalue weighted by Crippen LogP contribution is 2.25. The summed E-state index contributed by atoms with van der Waals surface area (Å²) in [4.78, 5) is 0. The van der Waals surface area contributed by atoms with Crippen LogP contribution in [-0.2, 0) is 4.74 Å². The molecule has 16 heavy (non-hydrogen) atoms. The molecule has 0 spiro atoms. The number of aryl methyl sites for hydroxylation is 1. The third-order valence-corrected chi connectivity index (χ3v) is 2.79. The van der Waals surface area contributed by atoms with E-state index in [0.717, 1.165) is 30.8 Å². The number of hydrogen-bond donors (Lipinski definition) is 2. The van der Waals surface area contributed by atoms with Gasteiger partial charge in [0.15, 0.2) is 0 Å². The third kappa shape index (κ3) is 2.43. The van der Waals surface area contributed by atoms with E-state index in [4.69, 9.17) is 10.6 Å². The fourth-order valence-electron chi connectivity index (χ4n) is 1.97. The molecule has 0 amide bonds. The highest BCUT2D eigenvalue weighted by Gasteiger charge is 2.18. The molecule has 2 rings (SSSR count). The van der Waals surface area contributed by atoms with Crippen LogP contribution in [0, 0.1) is 6.92 Å². The van der Waals surface area contributed by atoms with Crippen molar-refractivity contribution in [2.75, 3.05) is 6.61 Å². The maximum Gasteiger partial charge on any atom is 0.115 e. The van der Waals surface area contributed by atoms with E-state index in [9.17, 15) is 0 Å². The first-order chi connectivity index (χ1) is 7.81. The zero-order chi connectivity index (χ0) is 11.4. The fourth-order valence-corrected chi connectivity index (χ4v) is 1.97. The summed E-state index contributed by atoms with van der Waals surface area (Å²) in [6.45, 7) is 2.86. The van der Waals surface area contributed by atoms with Gasteiger partial charge in [0.25, 0.3) is 0 Å². The van der Waals surface area contributed by atoms with Crippen LogP contribution in [0.3, 0.4) is 0 Å². The number of nitrogens with one attached hydrogen (secondary N) is 1. The number of ether oxygens (including phenoxy) is 1. The minimum Gasteiger partial charge on any atom is -0.496 e. The molecule has 0 fully saturated rings. The summed E-state index contributed by atoms with van der Waals surface area (Å²) in [5.74, 6) is 6.56. The smallest absolute Gasteiger partial charge is 0.115 e. The number of nitrogens with two attached hydrogens (primary N) is 1. The van der Waals surface area contributed by atoms with E-state index in [0.29, 0.717) is 0 Å². The van der Waals surface area contributed by atoms with Gasteiger partial charge in [-0.2, -0.15) is 0 Å². The van der Waals surface area contributed by atoms with Crippen molar-refractivity contribution in [3.63, 3.8) is 0 Å². The van der Waals surface area contributed by atoms with Crippen molar-refractivity contribution in [1.29, 1.82) is 0 Å². The largest absolute Gasteiger partial charge is 0.496 e. The molecule has 1 heterocycles. The first kappa shape index (κ1) is 11.2. The summed E-state index contributed by atoms with van der Waals surface area (Å²) in [5, 5.41) is 0. The van der Waals surface area contributed by atoms with E-state index < -0.39 is 0 Å². The Morgan fingerprint density at radius 2 is 2.31 bits per heavy atom. The third-order valence-electron chi connectivity index (χ3n) is 2.79. The molecule has 3 N–H and O–H groups in total. The van der Waals surface area contributed by atoms with Gasteiger partial charge in [-0.3, -0.25) is 5.84 Å². The van der Waals surface area contributed by atoms with Crippen LogP contribution in [0.25, 0.3) is 0 Å². The quantitative estimate of drug-likeness (QED) is 0.604. The molecule has 0 aromatic heterocycles. The number of hydrazine groups is 1. The van der Waals surface area contributed by atoms with Gasteiger partial charge in [-0.1, -0.05) is 29.8 Å². The molecule has 1 aliphatic rings. The van der Waals surface area contributed by atoms with E-state index in [1.165, 1.54) is 5.56 Å². The van der Waals surface area contributed by atoms with Crippen molar-refractivity contribution < 1.29 is 4.74 Å². The maximum absolute atomic E-state index is 5.64. The van der Waals surface area contributed by atoms with E-state index in [-0.39, 0.29) is 6.04 Å². The van der Waals surface area contributed by atoms with Crippen LogP contribution in [-0.4, -0.2) is 6.61 Å². The Balaban J connectivity index is 2.25. The van der Waals surface area contributed by atoms with Crippen LogP contribution in [0.4, 0.5) is 0 Å². The zero-order valence-corrected chi connectivity index (χ0v) is 9.57. The van der Waals surface area contributed by atoms with E-state index in [1.807, 2.05) is 6.07 Å². The van der Waals surface area contributed by atoms with Crippen LogP contribution >= 0.6 is 0 Å². The van der Waals surface area contributed by atoms with E-state index >= 15 is 0 Å². The maximum atomic E-state index is 5.64. The lowest BCUT2D eigenvalue weighted by atomic mass is 10.0. The summed E-state index contributed by atoms with van der Waals surface area (Å²) >= 11 is 0. The number of allylic oxidation sites excluding steroid dienone is 1. The van der Waals surface area contributed by atoms with Crippen molar-refractivity contribution in [3.05, 3.63) is 47.2 Å². The van der Waals surface area contributed by atoms with E-state index in [1.54, 1.807) is 0 Å². The van der Waals surface area contributed by atoms with Crippen molar-refractivity contribution in [1.82, 2.24) is 5.43 Å². The average Bonchev–Trinajstić information content (AvgIpc) is 2.31. The first-order valence-electron chi connectivity index (χ1n) is 5.67. The van der Waals surface area contributed by atoms with Gasteiger partial charge in [0.2, 0.25) is 0 Å². The SMILES string of the molecule is Cc1cccc(C(NN)C2=CCCCO2)c1. The lowest BCUT2D eigenvalue weighted by Crippen LogP contribution is -2.31. The monoisotopic (exact) mass is 218 g/mol. The van der Waals surface area contributed by atoms with Crippen LogP contribution in [0.5, 0.6) is 0 Å². The summed E-state index contributed by atoms with van der Waals surface area (Å²) in [6, 6.07) is 8.28. The van der Waals surface area contributed by atoms with Crippen molar-refractivity contribution >= 4 is 0 Å². The lowest BCUT2D eigenvalue weighted by molar-refractivity contribution is 0.168. The molecule has 0 radical (unpaired) electrons. The molecular formula is C13H18N2O. The molecule has 1 aliphatic heterocycles.